The van der Waals surface area contributed by atoms with E-state index in [-0.39, 0.29) is 42.0 Å². The van der Waals surface area contributed by atoms with Gasteiger partial charge in [0.1, 0.15) is 0 Å². The molecule has 0 unspecified atom stereocenters. The van der Waals surface area contributed by atoms with Gasteiger partial charge in [0, 0.05) is 42.9 Å². The normalized spacial score (nSPS) is 25.6. The number of hydrogen-bond donors (Lipinski definition) is 2. The van der Waals surface area contributed by atoms with Crippen LogP contribution in [0.5, 0.6) is 0 Å². The van der Waals surface area contributed by atoms with Gasteiger partial charge < -0.3 is 15.0 Å². The summed E-state index contributed by atoms with van der Waals surface area (Å²) in [6, 6.07) is 13.4. The molecule has 3 heterocycles. The Balaban J connectivity index is 1.84. The predicted octanol–water partition coefficient (Wildman–Crippen LogP) is 2.02. The minimum absolute atomic E-state index is 0.0196. The molecule has 6 nitrogen and oxygen atoms in total. The summed E-state index contributed by atoms with van der Waals surface area (Å²) < 4.78 is 1.84. The van der Waals surface area contributed by atoms with Crippen LogP contribution in [-0.4, -0.2) is 46.2 Å². The maximum Gasteiger partial charge on any atom is 0.258 e. The van der Waals surface area contributed by atoms with Crippen molar-refractivity contribution in [2.24, 2.45) is 11.8 Å². The third kappa shape index (κ3) is 3.20. The highest BCUT2D eigenvalue weighted by Crippen LogP contribution is 2.48. The maximum atomic E-state index is 13.4. The van der Waals surface area contributed by atoms with E-state index in [2.05, 4.69) is 17.1 Å². The highest BCUT2D eigenvalue weighted by molar-refractivity contribution is 5.80. The summed E-state index contributed by atoms with van der Waals surface area (Å²) in [5.74, 6) is -0.571. The van der Waals surface area contributed by atoms with Crippen LogP contribution in [0.25, 0.3) is 11.1 Å². The van der Waals surface area contributed by atoms with Gasteiger partial charge in [-0.3, -0.25) is 14.5 Å². The van der Waals surface area contributed by atoms with Gasteiger partial charge in [0.25, 0.3) is 5.56 Å². The first-order valence-corrected chi connectivity index (χ1v) is 10.6. The molecule has 2 aromatic rings. The Hall–Kier alpha value is -2.44. The zero-order valence-corrected chi connectivity index (χ0v) is 17.0. The quantitative estimate of drug-likeness (QED) is 0.785. The summed E-state index contributed by atoms with van der Waals surface area (Å²) in [7, 11) is 0. The summed E-state index contributed by atoms with van der Waals surface area (Å²) in [6.07, 6.45) is 0.958. The van der Waals surface area contributed by atoms with Gasteiger partial charge >= 0.3 is 0 Å². The number of amides is 1. The molecule has 0 radical (unpaired) electrons. The Morgan fingerprint density at radius 1 is 1.17 bits per heavy atom. The Morgan fingerprint density at radius 3 is 2.59 bits per heavy atom. The fourth-order valence-electron chi connectivity index (χ4n) is 5.22. The number of aliphatic hydroxyl groups is 1. The number of aromatic nitrogens is 1. The largest absolute Gasteiger partial charge is 0.396 e. The first kappa shape index (κ1) is 19.9. The van der Waals surface area contributed by atoms with Gasteiger partial charge in [-0.25, -0.2) is 0 Å². The minimum Gasteiger partial charge on any atom is -0.396 e. The number of carbonyl (C=O) groups is 1. The Kier molecular flexibility index (Phi) is 5.56. The first-order valence-electron chi connectivity index (χ1n) is 10.6. The van der Waals surface area contributed by atoms with Crippen LogP contribution in [0, 0.1) is 11.8 Å². The van der Waals surface area contributed by atoms with Crippen LogP contribution in [0.1, 0.15) is 32.0 Å². The Labute approximate surface area is 171 Å². The second kappa shape index (κ2) is 8.13. The molecule has 4 rings (SSSR count). The van der Waals surface area contributed by atoms with E-state index in [1.54, 1.807) is 0 Å². The standard InChI is InChI=1S/C23H29N3O3/c1-3-12-25-19-13-26-18(21(25)20(17(19)14-27)22(28)24-4-2)11-10-16(23(26)29)15-8-6-5-7-9-15/h5-11,17,19-21,27H,3-4,12-14H2,1-2H3,(H,24,28)/t17-,19-,20+,21+/m0/s1. The third-order valence-corrected chi connectivity index (χ3v) is 6.39. The van der Waals surface area contributed by atoms with Crippen LogP contribution < -0.4 is 10.9 Å². The second-order valence-corrected chi connectivity index (χ2v) is 7.97. The molecule has 1 fully saturated rings. The molecule has 0 spiro atoms. The molecule has 0 saturated carbocycles. The number of hydrogen-bond acceptors (Lipinski definition) is 4. The molecule has 154 valence electrons. The molecule has 1 aromatic carbocycles. The topological polar surface area (TPSA) is 74.6 Å². The lowest BCUT2D eigenvalue weighted by Crippen LogP contribution is -2.46. The SMILES string of the molecule is CCCN1[C@@H]2c3ccc(-c4ccccc4)c(=O)n3C[C@H]1[C@H](CO)[C@H]2C(=O)NCC. The zero-order valence-electron chi connectivity index (χ0n) is 17.0. The number of pyridine rings is 1. The van der Waals surface area contributed by atoms with Crippen molar-refractivity contribution >= 4 is 5.91 Å². The molecule has 2 N–H and O–H groups in total. The molecule has 1 saturated heterocycles. The van der Waals surface area contributed by atoms with E-state index in [0.29, 0.717) is 18.7 Å². The number of fused-ring (bicyclic) bond motifs is 4. The van der Waals surface area contributed by atoms with Crippen LogP contribution in [0.15, 0.2) is 47.3 Å². The van der Waals surface area contributed by atoms with Gasteiger partial charge in [0.2, 0.25) is 5.91 Å². The molecule has 1 aromatic heterocycles. The number of aliphatic hydroxyl groups excluding tert-OH is 1. The summed E-state index contributed by atoms with van der Waals surface area (Å²) in [4.78, 5) is 28.7. The van der Waals surface area contributed by atoms with E-state index >= 15 is 0 Å². The van der Waals surface area contributed by atoms with Gasteiger partial charge in [-0.05, 0) is 37.6 Å². The minimum atomic E-state index is -0.354. The van der Waals surface area contributed by atoms with Crippen molar-refractivity contribution in [1.82, 2.24) is 14.8 Å². The number of benzene rings is 1. The summed E-state index contributed by atoms with van der Waals surface area (Å²) in [6.45, 7) is 5.87. The lowest BCUT2D eigenvalue weighted by Gasteiger charge is -2.38. The van der Waals surface area contributed by atoms with Crippen molar-refractivity contribution in [2.45, 2.75) is 38.9 Å². The predicted molar refractivity (Wildman–Crippen MR) is 112 cm³/mol. The first-order chi connectivity index (χ1) is 14.1. The molecule has 2 aliphatic rings. The molecular weight excluding hydrogens is 366 g/mol. The molecular formula is C23H29N3O3. The van der Waals surface area contributed by atoms with E-state index in [9.17, 15) is 14.7 Å². The van der Waals surface area contributed by atoms with Gasteiger partial charge in [-0.2, -0.15) is 0 Å². The zero-order chi connectivity index (χ0) is 20.5. The number of rotatable bonds is 6. The van der Waals surface area contributed by atoms with E-state index in [4.69, 9.17) is 0 Å². The van der Waals surface area contributed by atoms with Crippen molar-refractivity contribution in [3.63, 3.8) is 0 Å². The van der Waals surface area contributed by atoms with Crippen LogP contribution in [0.4, 0.5) is 0 Å². The maximum absolute atomic E-state index is 13.4. The summed E-state index contributed by atoms with van der Waals surface area (Å²) >= 11 is 0. The molecule has 0 aliphatic carbocycles. The monoisotopic (exact) mass is 395 g/mol. The molecule has 6 heteroatoms. The third-order valence-electron chi connectivity index (χ3n) is 6.39. The highest BCUT2D eigenvalue weighted by Gasteiger charge is 2.55. The molecule has 1 amide bonds. The molecule has 2 bridgehead atoms. The number of nitrogens with one attached hydrogen (secondary N) is 1. The lowest BCUT2D eigenvalue weighted by atomic mass is 9.86. The summed E-state index contributed by atoms with van der Waals surface area (Å²) in [5.41, 5.74) is 2.43. The average molecular weight is 396 g/mol. The van der Waals surface area contributed by atoms with E-state index in [0.717, 1.165) is 24.2 Å². The molecule has 29 heavy (non-hydrogen) atoms. The smallest absolute Gasteiger partial charge is 0.258 e. The van der Waals surface area contributed by atoms with Crippen molar-refractivity contribution in [1.29, 1.82) is 0 Å². The number of nitrogens with zero attached hydrogens (tertiary/aromatic N) is 2. The van der Waals surface area contributed by atoms with Crippen molar-refractivity contribution in [2.75, 3.05) is 19.7 Å². The Morgan fingerprint density at radius 2 is 1.93 bits per heavy atom. The molecule has 2 aliphatic heterocycles. The van der Waals surface area contributed by atoms with Crippen LogP contribution in [0.3, 0.4) is 0 Å². The van der Waals surface area contributed by atoms with Gasteiger partial charge in [-0.1, -0.05) is 37.3 Å². The van der Waals surface area contributed by atoms with Crippen LogP contribution >= 0.6 is 0 Å². The fraction of sp³-hybridized carbons (Fsp3) is 0.478. The average Bonchev–Trinajstić information content (AvgIpc) is 2.94. The number of carbonyl (C=O) groups excluding carboxylic acids is 1. The second-order valence-electron chi connectivity index (χ2n) is 7.97. The van der Waals surface area contributed by atoms with E-state index in [1.807, 2.05) is 54.0 Å². The van der Waals surface area contributed by atoms with Crippen molar-refractivity contribution < 1.29 is 9.90 Å². The van der Waals surface area contributed by atoms with Crippen LogP contribution in [-0.2, 0) is 11.3 Å². The van der Waals surface area contributed by atoms with Gasteiger partial charge in [0.15, 0.2) is 0 Å². The van der Waals surface area contributed by atoms with Gasteiger partial charge in [-0.15, -0.1) is 0 Å². The van der Waals surface area contributed by atoms with E-state index < -0.39 is 0 Å². The Bertz CT molecular complexity index is 940. The van der Waals surface area contributed by atoms with Crippen LogP contribution in [0.2, 0.25) is 0 Å². The molecule has 4 atom stereocenters. The fourth-order valence-corrected chi connectivity index (χ4v) is 5.22. The van der Waals surface area contributed by atoms with Gasteiger partial charge in [0.05, 0.1) is 12.0 Å². The van der Waals surface area contributed by atoms with Crippen molar-refractivity contribution in [3.05, 3.63) is 58.5 Å². The lowest BCUT2D eigenvalue weighted by molar-refractivity contribution is -0.127. The van der Waals surface area contributed by atoms with E-state index in [1.165, 1.54) is 0 Å². The summed E-state index contributed by atoms with van der Waals surface area (Å²) in [5, 5.41) is 13.1. The van der Waals surface area contributed by atoms with Crippen molar-refractivity contribution in [3.8, 4) is 11.1 Å². The highest BCUT2D eigenvalue weighted by atomic mass is 16.3.